The lowest BCUT2D eigenvalue weighted by Gasteiger charge is -2.23. The molecule has 1 amide bonds. The van der Waals surface area contributed by atoms with Crippen LogP contribution in [0.3, 0.4) is 0 Å². The fraction of sp³-hybridized carbons (Fsp3) is 0.130. The van der Waals surface area contributed by atoms with Crippen LogP contribution in [0.5, 0.6) is 5.75 Å². The number of nitrogens with one attached hydrogen (secondary N) is 1. The van der Waals surface area contributed by atoms with Crippen molar-refractivity contribution < 1.29 is 18.3 Å². The lowest BCUT2D eigenvalue weighted by Crippen LogP contribution is -2.33. The number of thiocarbonyl (C=S) groups is 1. The number of carbonyl (C=O) groups excluding carboxylic acids is 1. The molecule has 8 heteroatoms. The maximum Gasteiger partial charge on any atom is 0.277 e. The Labute approximate surface area is 189 Å². The molecule has 2 aromatic carbocycles. The number of rotatable bonds is 6. The van der Waals surface area contributed by atoms with Gasteiger partial charge in [0.2, 0.25) is 0 Å². The summed E-state index contributed by atoms with van der Waals surface area (Å²) < 4.78 is 24.4. The van der Waals surface area contributed by atoms with Crippen LogP contribution in [0.15, 0.2) is 70.8 Å². The zero-order valence-corrected chi connectivity index (χ0v) is 18.0. The van der Waals surface area contributed by atoms with E-state index in [1.165, 1.54) is 18.2 Å². The lowest BCUT2D eigenvalue weighted by molar-refractivity contribution is -0.123. The van der Waals surface area contributed by atoms with E-state index >= 15 is 0 Å². The third kappa shape index (κ3) is 4.62. The number of carbonyl (C=O) groups is 1. The minimum Gasteiger partial charge on any atom is -0.484 e. The molecular weight excluding hydrogens is 439 g/mol. The molecule has 0 aliphatic carbocycles. The summed E-state index contributed by atoms with van der Waals surface area (Å²) in [6.07, 6.45) is 1.60. The number of ether oxygens (including phenoxy) is 1. The van der Waals surface area contributed by atoms with E-state index in [1.54, 1.807) is 23.1 Å². The Morgan fingerprint density at radius 3 is 2.74 bits per heavy atom. The Kier molecular flexibility index (Phi) is 6.06. The quantitative estimate of drug-likeness (QED) is 0.393. The van der Waals surface area contributed by atoms with Gasteiger partial charge in [-0.2, -0.15) is 0 Å². The van der Waals surface area contributed by atoms with Crippen molar-refractivity contribution in [1.29, 1.82) is 0 Å². The van der Waals surface area contributed by atoms with Crippen molar-refractivity contribution in [3.8, 4) is 5.75 Å². The van der Waals surface area contributed by atoms with Gasteiger partial charge in [0, 0.05) is 6.08 Å². The fourth-order valence-corrected chi connectivity index (χ4v) is 3.79. The van der Waals surface area contributed by atoms with Crippen molar-refractivity contribution in [3.05, 3.63) is 94.3 Å². The van der Waals surface area contributed by atoms with E-state index in [0.717, 1.165) is 5.56 Å². The molecule has 0 bridgehead atoms. The van der Waals surface area contributed by atoms with Crippen molar-refractivity contribution in [2.24, 2.45) is 0 Å². The molecular formula is C23H18ClFN2O3S. The van der Waals surface area contributed by atoms with Gasteiger partial charge in [0.05, 0.1) is 11.1 Å². The lowest BCUT2D eigenvalue weighted by atomic mass is 10.1. The second-order valence-corrected chi connectivity index (χ2v) is 7.71. The number of nitrogens with zero attached hydrogens (tertiary/aromatic N) is 1. The third-order valence-corrected chi connectivity index (χ3v) is 5.41. The molecule has 5 nitrogen and oxygen atoms in total. The molecule has 2 heterocycles. The van der Waals surface area contributed by atoms with Crippen molar-refractivity contribution in [2.45, 2.75) is 19.6 Å². The molecule has 1 atom stereocenters. The predicted octanol–water partition coefficient (Wildman–Crippen LogP) is 5.47. The van der Waals surface area contributed by atoms with E-state index < -0.39 is 5.82 Å². The van der Waals surface area contributed by atoms with E-state index in [1.807, 2.05) is 37.3 Å². The van der Waals surface area contributed by atoms with E-state index in [0.29, 0.717) is 28.1 Å². The standard InChI is InChI=1S/C23H18ClFN2O3S/c1-14(15-5-3-2-4-6-15)27-22(28)20(26-23(27)31)12-17-8-9-18(30-17)13-29-21-10-7-16(25)11-19(21)24/h2-12,14H,13H2,1H3,(H,26,31)/b20-12-. The highest BCUT2D eigenvalue weighted by Gasteiger charge is 2.35. The SMILES string of the molecule is CC(c1ccccc1)N1C(=O)/C(=C/c2ccc(COc3ccc(F)cc3Cl)o2)NC1=S. The maximum atomic E-state index is 13.1. The predicted molar refractivity (Wildman–Crippen MR) is 120 cm³/mol. The molecule has 0 saturated carbocycles. The topological polar surface area (TPSA) is 54.7 Å². The van der Waals surface area contributed by atoms with Crippen molar-refractivity contribution in [3.63, 3.8) is 0 Å². The molecule has 1 saturated heterocycles. The Morgan fingerprint density at radius 1 is 1.23 bits per heavy atom. The van der Waals surface area contributed by atoms with Crippen LogP contribution in [0.1, 0.15) is 30.0 Å². The van der Waals surface area contributed by atoms with Gasteiger partial charge >= 0.3 is 0 Å². The molecule has 158 valence electrons. The number of halogens is 2. The third-order valence-electron chi connectivity index (χ3n) is 4.81. The van der Waals surface area contributed by atoms with Crippen molar-refractivity contribution >= 4 is 40.9 Å². The highest BCUT2D eigenvalue weighted by molar-refractivity contribution is 7.80. The Bertz CT molecular complexity index is 1160. The van der Waals surface area contributed by atoms with Gasteiger partial charge < -0.3 is 14.5 Å². The Hall–Kier alpha value is -3.16. The van der Waals surface area contributed by atoms with Crippen molar-refractivity contribution in [1.82, 2.24) is 10.2 Å². The van der Waals surface area contributed by atoms with Crippen LogP contribution in [0.25, 0.3) is 6.08 Å². The Morgan fingerprint density at radius 2 is 2.00 bits per heavy atom. The molecule has 31 heavy (non-hydrogen) atoms. The summed E-state index contributed by atoms with van der Waals surface area (Å²) in [5, 5.41) is 3.48. The van der Waals surface area contributed by atoms with Gasteiger partial charge in [-0.3, -0.25) is 9.69 Å². The molecule has 1 aliphatic rings. The number of furan rings is 1. The summed E-state index contributed by atoms with van der Waals surface area (Å²) in [4.78, 5) is 14.5. The van der Waals surface area contributed by atoms with Crippen LogP contribution in [0, 0.1) is 5.82 Å². The van der Waals surface area contributed by atoms with Crippen molar-refractivity contribution in [2.75, 3.05) is 0 Å². The molecule has 1 unspecified atom stereocenters. The second-order valence-electron chi connectivity index (χ2n) is 6.92. The number of amides is 1. The summed E-state index contributed by atoms with van der Waals surface area (Å²) in [6, 6.07) is 16.8. The van der Waals surface area contributed by atoms with Crippen LogP contribution in [0.2, 0.25) is 5.02 Å². The zero-order valence-electron chi connectivity index (χ0n) is 16.5. The second kappa shape index (κ2) is 8.91. The largest absolute Gasteiger partial charge is 0.484 e. The van der Waals surface area contributed by atoms with E-state index in [2.05, 4.69) is 5.32 Å². The summed E-state index contributed by atoms with van der Waals surface area (Å²) in [7, 11) is 0. The van der Waals surface area contributed by atoms with E-state index in [-0.39, 0.29) is 23.6 Å². The van der Waals surface area contributed by atoms with Gasteiger partial charge in [-0.05, 0) is 55.0 Å². The highest BCUT2D eigenvalue weighted by Crippen LogP contribution is 2.28. The minimum absolute atomic E-state index is 0.103. The molecule has 0 radical (unpaired) electrons. The van der Waals surface area contributed by atoms with E-state index in [9.17, 15) is 9.18 Å². The van der Waals surface area contributed by atoms with Gasteiger partial charge in [0.1, 0.15) is 35.4 Å². The molecule has 1 fully saturated rings. The van der Waals surface area contributed by atoms with Gasteiger partial charge in [0.15, 0.2) is 5.11 Å². The van der Waals surface area contributed by atoms with Gasteiger partial charge in [-0.25, -0.2) is 4.39 Å². The fourth-order valence-electron chi connectivity index (χ4n) is 3.21. The maximum absolute atomic E-state index is 13.1. The normalized spacial score (nSPS) is 16.0. The van der Waals surface area contributed by atoms with Crippen LogP contribution < -0.4 is 10.1 Å². The summed E-state index contributed by atoms with van der Waals surface area (Å²) in [5.74, 6) is 0.675. The molecule has 1 N–H and O–H groups in total. The first-order chi connectivity index (χ1) is 14.9. The minimum atomic E-state index is -0.438. The average Bonchev–Trinajstić information content (AvgIpc) is 3.31. The number of hydrogen-bond acceptors (Lipinski definition) is 4. The first-order valence-electron chi connectivity index (χ1n) is 9.50. The first-order valence-corrected chi connectivity index (χ1v) is 10.3. The molecule has 0 spiro atoms. The molecule has 1 aliphatic heterocycles. The van der Waals surface area contributed by atoms with Crippen LogP contribution >= 0.6 is 23.8 Å². The molecule has 4 rings (SSSR count). The van der Waals surface area contributed by atoms with Crippen LogP contribution in [-0.2, 0) is 11.4 Å². The van der Waals surface area contributed by atoms with Gasteiger partial charge in [0.25, 0.3) is 5.91 Å². The monoisotopic (exact) mass is 456 g/mol. The van der Waals surface area contributed by atoms with Crippen LogP contribution in [0.4, 0.5) is 4.39 Å². The molecule has 1 aromatic heterocycles. The zero-order chi connectivity index (χ0) is 22.0. The Balaban J connectivity index is 1.45. The average molecular weight is 457 g/mol. The summed E-state index contributed by atoms with van der Waals surface area (Å²) >= 11 is 11.3. The van der Waals surface area contributed by atoms with Crippen LogP contribution in [-0.4, -0.2) is 15.9 Å². The van der Waals surface area contributed by atoms with E-state index in [4.69, 9.17) is 33.0 Å². The van der Waals surface area contributed by atoms with Gasteiger partial charge in [-0.15, -0.1) is 0 Å². The molecule has 3 aromatic rings. The van der Waals surface area contributed by atoms with Gasteiger partial charge in [-0.1, -0.05) is 41.9 Å². The first kappa shape index (κ1) is 21.1. The summed E-state index contributed by atoms with van der Waals surface area (Å²) in [5.41, 5.74) is 1.31. The highest BCUT2D eigenvalue weighted by atomic mass is 35.5. The number of hydrogen-bond donors (Lipinski definition) is 1. The number of benzene rings is 2. The smallest absolute Gasteiger partial charge is 0.277 e. The summed E-state index contributed by atoms with van der Waals surface area (Å²) in [6.45, 7) is 2.03.